The van der Waals surface area contributed by atoms with Crippen LogP contribution in [0.1, 0.15) is 10.4 Å². The molecule has 6 heteroatoms. The SMILES string of the molecule is Nc1ccccc1C(=O)NNc1nc2ccccc2s1. The van der Waals surface area contributed by atoms with Crippen molar-refractivity contribution in [3.8, 4) is 0 Å². The molecule has 2 aromatic carbocycles. The minimum Gasteiger partial charge on any atom is -0.398 e. The van der Waals surface area contributed by atoms with E-state index in [0.717, 1.165) is 10.2 Å². The Hall–Kier alpha value is -2.60. The van der Waals surface area contributed by atoms with E-state index >= 15 is 0 Å². The Bertz CT molecular complexity index is 735. The van der Waals surface area contributed by atoms with Crippen molar-refractivity contribution in [3.63, 3.8) is 0 Å². The average Bonchev–Trinajstić information content (AvgIpc) is 2.88. The van der Waals surface area contributed by atoms with Crippen molar-refractivity contribution in [2.24, 2.45) is 0 Å². The third-order valence-corrected chi connectivity index (χ3v) is 3.73. The summed E-state index contributed by atoms with van der Waals surface area (Å²) in [5, 5.41) is 0.633. The molecule has 0 aliphatic carbocycles. The Labute approximate surface area is 119 Å². The highest BCUT2D eigenvalue weighted by atomic mass is 32.1. The second-order valence-electron chi connectivity index (χ2n) is 4.15. The first-order valence-corrected chi connectivity index (χ1v) is 6.82. The van der Waals surface area contributed by atoms with Gasteiger partial charge in [-0.3, -0.25) is 15.6 Å². The van der Waals surface area contributed by atoms with Crippen LogP contribution in [-0.4, -0.2) is 10.9 Å². The van der Waals surface area contributed by atoms with Crippen molar-refractivity contribution in [3.05, 3.63) is 54.1 Å². The lowest BCUT2D eigenvalue weighted by molar-refractivity contribution is 0.0963. The summed E-state index contributed by atoms with van der Waals surface area (Å²) in [4.78, 5) is 16.3. The number of nitrogens with two attached hydrogens (primary N) is 1. The molecule has 0 radical (unpaired) electrons. The van der Waals surface area contributed by atoms with Crippen LogP contribution in [0, 0.1) is 0 Å². The van der Waals surface area contributed by atoms with Crippen LogP contribution in [0.25, 0.3) is 10.2 Å². The number of nitrogen functional groups attached to an aromatic ring is 1. The number of nitrogens with zero attached hydrogens (tertiary/aromatic N) is 1. The van der Waals surface area contributed by atoms with Crippen LogP contribution < -0.4 is 16.6 Å². The lowest BCUT2D eigenvalue weighted by atomic mass is 10.2. The van der Waals surface area contributed by atoms with Gasteiger partial charge >= 0.3 is 0 Å². The summed E-state index contributed by atoms with van der Waals surface area (Å²) in [6.07, 6.45) is 0. The summed E-state index contributed by atoms with van der Waals surface area (Å²) in [6, 6.07) is 14.7. The highest BCUT2D eigenvalue weighted by Gasteiger charge is 2.09. The van der Waals surface area contributed by atoms with Gasteiger partial charge < -0.3 is 5.73 Å². The first kappa shape index (κ1) is 12.4. The number of aromatic nitrogens is 1. The van der Waals surface area contributed by atoms with E-state index in [1.807, 2.05) is 24.3 Å². The van der Waals surface area contributed by atoms with E-state index in [1.54, 1.807) is 24.3 Å². The molecule has 100 valence electrons. The molecule has 3 rings (SSSR count). The predicted molar refractivity (Wildman–Crippen MR) is 81.6 cm³/mol. The van der Waals surface area contributed by atoms with Crippen LogP contribution in [0.2, 0.25) is 0 Å². The number of rotatable bonds is 3. The molecule has 1 aromatic heterocycles. The Morgan fingerprint density at radius 1 is 1.10 bits per heavy atom. The van der Waals surface area contributed by atoms with Crippen LogP contribution in [0.4, 0.5) is 10.8 Å². The minimum absolute atomic E-state index is 0.289. The molecule has 0 atom stereocenters. The Kier molecular flexibility index (Phi) is 3.22. The number of anilines is 2. The van der Waals surface area contributed by atoms with Gasteiger partial charge in [-0.1, -0.05) is 35.6 Å². The van der Waals surface area contributed by atoms with E-state index in [0.29, 0.717) is 16.4 Å². The number of amides is 1. The zero-order valence-corrected chi connectivity index (χ0v) is 11.3. The molecule has 0 unspecified atom stereocenters. The molecule has 1 heterocycles. The number of thiazole rings is 1. The minimum atomic E-state index is -0.289. The summed E-state index contributed by atoms with van der Waals surface area (Å²) in [5.41, 5.74) is 12.9. The molecule has 0 bridgehead atoms. The maximum atomic E-state index is 12.0. The number of nitrogens with one attached hydrogen (secondary N) is 2. The summed E-state index contributed by atoms with van der Waals surface area (Å²) < 4.78 is 1.06. The van der Waals surface area contributed by atoms with Crippen LogP contribution in [0.15, 0.2) is 48.5 Å². The molecular formula is C14H12N4OS. The van der Waals surface area contributed by atoms with Gasteiger partial charge in [0.2, 0.25) is 5.13 Å². The summed E-state index contributed by atoms with van der Waals surface area (Å²) in [7, 11) is 0. The fourth-order valence-electron chi connectivity index (χ4n) is 1.81. The topological polar surface area (TPSA) is 80.0 Å². The molecule has 0 saturated heterocycles. The van der Waals surface area contributed by atoms with Crippen molar-refractivity contribution in [1.82, 2.24) is 10.4 Å². The molecule has 5 nitrogen and oxygen atoms in total. The first-order valence-electron chi connectivity index (χ1n) is 6.00. The summed E-state index contributed by atoms with van der Waals surface area (Å²) in [6.45, 7) is 0. The van der Waals surface area contributed by atoms with Gasteiger partial charge in [0.15, 0.2) is 0 Å². The lowest BCUT2D eigenvalue weighted by Gasteiger charge is -2.07. The third kappa shape index (κ3) is 2.41. The largest absolute Gasteiger partial charge is 0.398 e. The van der Waals surface area contributed by atoms with Crippen molar-refractivity contribution >= 4 is 38.3 Å². The van der Waals surface area contributed by atoms with Gasteiger partial charge in [-0.2, -0.15) is 0 Å². The Balaban J connectivity index is 1.73. The zero-order valence-electron chi connectivity index (χ0n) is 10.5. The smallest absolute Gasteiger partial charge is 0.271 e. The van der Waals surface area contributed by atoms with E-state index in [4.69, 9.17) is 5.73 Å². The zero-order chi connectivity index (χ0) is 13.9. The number of fused-ring (bicyclic) bond motifs is 1. The van der Waals surface area contributed by atoms with Gasteiger partial charge in [-0.05, 0) is 24.3 Å². The van der Waals surface area contributed by atoms with Gasteiger partial charge in [0, 0.05) is 5.69 Å². The van der Waals surface area contributed by atoms with E-state index in [2.05, 4.69) is 15.8 Å². The molecule has 0 aliphatic heterocycles. The van der Waals surface area contributed by atoms with Crippen molar-refractivity contribution in [1.29, 1.82) is 0 Å². The number of hydrogen-bond donors (Lipinski definition) is 3. The molecule has 3 aromatic rings. The van der Waals surface area contributed by atoms with Crippen LogP contribution in [0.3, 0.4) is 0 Å². The van der Waals surface area contributed by atoms with Gasteiger partial charge in [-0.25, -0.2) is 4.98 Å². The second-order valence-corrected chi connectivity index (χ2v) is 5.18. The van der Waals surface area contributed by atoms with Gasteiger partial charge in [-0.15, -0.1) is 0 Å². The number of para-hydroxylation sites is 2. The van der Waals surface area contributed by atoms with Crippen molar-refractivity contribution in [2.45, 2.75) is 0 Å². The molecule has 0 spiro atoms. The van der Waals surface area contributed by atoms with Gasteiger partial charge in [0.1, 0.15) is 0 Å². The standard InChI is InChI=1S/C14H12N4OS/c15-10-6-2-1-5-9(10)13(19)17-18-14-16-11-7-3-4-8-12(11)20-14/h1-8H,15H2,(H,16,18)(H,17,19). The number of hydrogen-bond acceptors (Lipinski definition) is 5. The second kappa shape index (κ2) is 5.18. The maximum Gasteiger partial charge on any atom is 0.271 e. The maximum absolute atomic E-state index is 12.0. The van der Waals surface area contributed by atoms with Crippen LogP contribution in [0.5, 0.6) is 0 Å². The van der Waals surface area contributed by atoms with E-state index < -0.39 is 0 Å². The average molecular weight is 284 g/mol. The van der Waals surface area contributed by atoms with E-state index in [1.165, 1.54) is 11.3 Å². The predicted octanol–water partition coefficient (Wildman–Crippen LogP) is 2.64. The van der Waals surface area contributed by atoms with Crippen LogP contribution in [-0.2, 0) is 0 Å². The number of carbonyl (C=O) groups excluding carboxylic acids is 1. The number of carbonyl (C=O) groups is 1. The van der Waals surface area contributed by atoms with Gasteiger partial charge in [0.05, 0.1) is 15.8 Å². The van der Waals surface area contributed by atoms with E-state index in [9.17, 15) is 4.79 Å². The van der Waals surface area contributed by atoms with Crippen LogP contribution >= 0.6 is 11.3 Å². The Morgan fingerprint density at radius 3 is 2.65 bits per heavy atom. The molecule has 0 saturated carbocycles. The molecule has 1 amide bonds. The quantitative estimate of drug-likeness (QED) is 0.510. The molecule has 0 fully saturated rings. The molecule has 20 heavy (non-hydrogen) atoms. The number of hydrazine groups is 1. The molecule has 4 N–H and O–H groups in total. The molecular weight excluding hydrogens is 272 g/mol. The first-order chi connectivity index (χ1) is 9.74. The van der Waals surface area contributed by atoms with Gasteiger partial charge in [0.25, 0.3) is 5.91 Å². The summed E-state index contributed by atoms with van der Waals surface area (Å²) >= 11 is 1.47. The highest BCUT2D eigenvalue weighted by Crippen LogP contribution is 2.24. The van der Waals surface area contributed by atoms with E-state index in [-0.39, 0.29) is 5.91 Å². The highest BCUT2D eigenvalue weighted by molar-refractivity contribution is 7.22. The van der Waals surface area contributed by atoms with Crippen molar-refractivity contribution < 1.29 is 4.79 Å². The third-order valence-electron chi connectivity index (χ3n) is 2.78. The molecule has 0 aliphatic rings. The lowest BCUT2D eigenvalue weighted by Crippen LogP contribution is -2.29. The fourth-order valence-corrected chi connectivity index (χ4v) is 2.63. The van der Waals surface area contributed by atoms with Crippen molar-refractivity contribution in [2.75, 3.05) is 11.2 Å². The Morgan fingerprint density at radius 2 is 1.85 bits per heavy atom. The monoisotopic (exact) mass is 284 g/mol. The number of benzene rings is 2. The fraction of sp³-hybridized carbons (Fsp3) is 0. The normalized spacial score (nSPS) is 10.4. The summed E-state index contributed by atoms with van der Waals surface area (Å²) in [5.74, 6) is -0.289.